The van der Waals surface area contributed by atoms with Gasteiger partial charge in [0.1, 0.15) is 8.64 Å². The van der Waals surface area contributed by atoms with Gasteiger partial charge < -0.3 is 11.5 Å². The van der Waals surface area contributed by atoms with Gasteiger partial charge in [0.15, 0.2) is 0 Å². The van der Waals surface area contributed by atoms with E-state index in [-0.39, 0.29) is 67.8 Å². The SMILES string of the molecule is NC(=S)S.NC(=S)S.[Na].[Na]. The van der Waals surface area contributed by atoms with E-state index in [0.717, 1.165) is 0 Å². The van der Waals surface area contributed by atoms with Gasteiger partial charge in [-0.2, -0.15) is 0 Å². The Hall–Kier alpha value is 2.48. The summed E-state index contributed by atoms with van der Waals surface area (Å²) in [4.78, 5) is 0. The zero-order chi connectivity index (χ0) is 7.15. The van der Waals surface area contributed by atoms with Gasteiger partial charge in [0.25, 0.3) is 0 Å². The fourth-order valence-corrected chi connectivity index (χ4v) is 0. The largest absolute Gasteiger partial charge is 0.385 e. The molecule has 0 unspecified atom stereocenters. The molecule has 0 saturated heterocycles. The van der Waals surface area contributed by atoms with Gasteiger partial charge in [-0.15, -0.1) is 25.3 Å². The molecule has 0 atom stereocenters. The Morgan fingerprint density at radius 3 is 0.900 bits per heavy atom. The Bertz CT molecular complexity index is 77.3. The first-order chi connectivity index (χ1) is 3.46. The Morgan fingerprint density at radius 1 is 0.900 bits per heavy atom. The molecule has 0 aliphatic carbocycles. The second-order valence-corrected chi connectivity index (χ2v) is 3.12. The number of rotatable bonds is 0. The number of thiol groups is 2. The molecule has 50 valence electrons. The third kappa shape index (κ3) is 153. The van der Waals surface area contributed by atoms with Crippen molar-refractivity contribution in [3.05, 3.63) is 0 Å². The first-order valence-electron chi connectivity index (χ1n) is 1.43. The summed E-state index contributed by atoms with van der Waals surface area (Å²) in [6.07, 6.45) is 0. The zero-order valence-electron chi connectivity index (χ0n) is 5.87. The number of hydrogen-bond acceptors (Lipinski definition) is 2. The molecule has 10 heavy (non-hydrogen) atoms. The minimum Gasteiger partial charge on any atom is -0.385 e. The summed E-state index contributed by atoms with van der Waals surface area (Å²) in [5, 5.41) is 0. The Morgan fingerprint density at radius 2 is 0.900 bits per heavy atom. The molecule has 0 rings (SSSR count). The van der Waals surface area contributed by atoms with Crippen LogP contribution in [-0.2, 0) is 0 Å². The van der Waals surface area contributed by atoms with E-state index in [2.05, 4.69) is 49.7 Å². The molecule has 0 spiro atoms. The van der Waals surface area contributed by atoms with Crippen molar-refractivity contribution < 1.29 is 0 Å². The van der Waals surface area contributed by atoms with E-state index in [1.54, 1.807) is 0 Å². The normalized spacial score (nSPS) is 5.00. The van der Waals surface area contributed by atoms with E-state index in [1.807, 2.05) is 0 Å². The summed E-state index contributed by atoms with van der Waals surface area (Å²) < 4.78 is 0.389. The van der Waals surface area contributed by atoms with Gasteiger partial charge in [-0.1, -0.05) is 24.4 Å². The van der Waals surface area contributed by atoms with Crippen LogP contribution in [0.25, 0.3) is 0 Å². The monoisotopic (exact) mass is 232 g/mol. The summed E-state index contributed by atoms with van der Waals surface area (Å²) in [6, 6.07) is 0. The predicted molar refractivity (Wildman–Crippen MR) is 63.1 cm³/mol. The Balaban J connectivity index is -0.0000000300. The van der Waals surface area contributed by atoms with Crippen LogP contribution in [0.15, 0.2) is 0 Å². The molecule has 0 fully saturated rings. The first-order valence-corrected chi connectivity index (χ1v) is 3.14. The fourth-order valence-electron chi connectivity index (χ4n) is 0. The van der Waals surface area contributed by atoms with Gasteiger partial charge in [0.05, 0.1) is 0 Å². The molecule has 0 saturated carbocycles. The van der Waals surface area contributed by atoms with Crippen molar-refractivity contribution >= 4 is 117 Å². The van der Waals surface area contributed by atoms with Crippen molar-refractivity contribution in [2.75, 3.05) is 0 Å². The Kier molecular flexibility index (Phi) is 40.1. The minimum absolute atomic E-state index is 0. The van der Waals surface area contributed by atoms with Gasteiger partial charge in [-0.3, -0.25) is 0 Å². The van der Waals surface area contributed by atoms with E-state index in [0.29, 0.717) is 0 Å². The molecule has 0 aromatic carbocycles. The first kappa shape index (κ1) is 22.9. The third-order valence-electron chi connectivity index (χ3n) is 0. The fraction of sp³-hybridized carbons (Fsp3) is 0. The van der Waals surface area contributed by atoms with Gasteiger partial charge in [0.2, 0.25) is 0 Å². The van der Waals surface area contributed by atoms with Crippen LogP contribution in [0.3, 0.4) is 0 Å². The van der Waals surface area contributed by atoms with Gasteiger partial charge >= 0.3 is 0 Å². The van der Waals surface area contributed by atoms with Crippen molar-refractivity contribution in [1.82, 2.24) is 0 Å². The van der Waals surface area contributed by atoms with Crippen LogP contribution in [-0.4, -0.2) is 67.8 Å². The Labute approximate surface area is 127 Å². The quantitative estimate of drug-likeness (QED) is 0.260. The summed E-state index contributed by atoms with van der Waals surface area (Å²) in [7, 11) is 0. The third-order valence-corrected chi connectivity index (χ3v) is 0. The van der Waals surface area contributed by atoms with Crippen LogP contribution in [0.4, 0.5) is 0 Å². The summed E-state index contributed by atoms with van der Waals surface area (Å²) in [5.41, 5.74) is 9.41. The maximum Gasteiger partial charge on any atom is 0.128 e. The van der Waals surface area contributed by atoms with Crippen molar-refractivity contribution in [1.29, 1.82) is 0 Å². The molecule has 0 heterocycles. The number of thiocarbonyl (C=S) groups is 2. The molecule has 0 bridgehead atoms. The van der Waals surface area contributed by atoms with Crippen LogP contribution in [0, 0.1) is 0 Å². The van der Waals surface area contributed by atoms with Crippen LogP contribution in [0.1, 0.15) is 0 Å². The molecule has 0 aromatic heterocycles. The van der Waals surface area contributed by atoms with Crippen LogP contribution in [0.5, 0.6) is 0 Å². The van der Waals surface area contributed by atoms with Gasteiger partial charge in [-0.05, 0) is 0 Å². The van der Waals surface area contributed by atoms with E-state index in [1.165, 1.54) is 0 Å². The standard InChI is InChI=1S/2CH3NS2.2Na/c2*2-1(3)4;;/h2*(H3,2,3,4);;. The van der Waals surface area contributed by atoms with Crippen molar-refractivity contribution in [2.45, 2.75) is 0 Å². The molecule has 2 radical (unpaired) electrons. The topological polar surface area (TPSA) is 52.0 Å². The van der Waals surface area contributed by atoms with Crippen LogP contribution in [0.2, 0.25) is 0 Å². The molecule has 2 nitrogen and oxygen atoms in total. The van der Waals surface area contributed by atoms with Gasteiger partial charge in [0, 0.05) is 59.1 Å². The maximum atomic E-state index is 4.71. The van der Waals surface area contributed by atoms with E-state index >= 15 is 0 Å². The zero-order valence-corrected chi connectivity index (χ0v) is 13.3. The number of hydrogen-bond donors (Lipinski definition) is 4. The van der Waals surface area contributed by atoms with Crippen LogP contribution < -0.4 is 11.5 Å². The molecule has 0 aliphatic heterocycles. The average molecular weight is 232 g/mol. The molecular weight excluding hydrogens is 226 g/mol. The summed E-state index contributed by atoms with van der Waals surface area (Å²) >= 11 is 15.3. The number of nitrogens with two attached hydrogens (primary N) is 2. The molecule has 4 N–H and O–H groups in total. The summed E-state index contributed by atoms with van der Waals surface area (Å²) in [5.74, 6) is 0. The molecule has 0 aromatic rings. The van der Waals surface area contributed by atoms with Crippen LogP contribution >= 0.6 is 49.7 Å². The summed E-state index contributed by atoms with van der Waals surface area (Å²) in [6.45, 7) is 0. The van der Waals surface area contributed by atoms with Crippen molar-refractivity contribution in [3.63, 3.8) is 0 Å². The minimum atomic E-state index is 0. The van der Waals surface area contributed by atoms with Crippen molar-refractivity contribution in [3.8, 4) is 0 Å². The molecule has 8 heteroatoms. The predicted octanol–water partition coefficient (Wildman–Crippen LogP) is -0.442. The molecule has 0 amide bonds. The molecule has 0 aliphatic rings. The molecular formula is C2H6N2Na2S4. The van der Waals surface area contributed by atoms with E-state index < -0.39 is 0 Å². The smallest absolute Gasteiger partial charge is 0.128 e. The van der Waals surface area contributed by atoms with E-state index in [4.69, 9.17) is 11.5 Å². The van der Waals surface area contributed by atoms with Gasteiger partial charge in [-0.25, -0.2) is 0 Å². The second-order valence-electron chi connectivity index (χ2n) is 0.676. The van der Waals surface area contributed by atoms with E-state index in [9.17, 15) is 0 Å². The van der Waals surface area contributed by atoms with Crippen molar-refractivity contribution in [2.24, 2.45) is 11.5 Å². The second kappa shape index (κ2) is 17.5. The maximum absolute atomic E-state index is 4.71. The average Bonchev–Trinajstić information content (AvgIpc) is 1.25.